The van der Waals surface area contributed by atoms with Crippen molar-refractivity contribution >= 4 is 34.6 Å². The molecule has 10 heteroatoms. The number of nitriles is 2. The van der Waals surface area contributed by atoms with Gasteiger partial charge in [-0.1, -0.05) is 64.1 Å². The third-order valence-corrected chi connectivity index (χ3v) is 9.91. The standard InChI is InChI=1S/C38H34N6O3S.2C2H6/c39-16-12-37(45)43-18-14-31(15-19-43)47-36-11-8-28(24-29(36)26-40)33-13-17-41-38-34(33)25-35(44(38)48-32-4-2-1-3-5-32)27-6-9-30(10-7-27)42-20-22-46-23-21-42;2*1-2/h1-11,13,17,24-25,31H,12,14-15,18-23H2;2*1-2H3. The maximum absolute atomic E-state index is 12.1. The molecular weight excluding hydrogens is 669 g/mol. The number of aromatic nitrogens is 2. The average Bonchev–Trinajstić information content (AvgIpc) is 3.59. The van der Waals surface area contributed by atoms with Crippen LogP contribution in [0.5, 0.6) is 5.75 Å². The Hall–Kier alpha value is -5.29. The monoisotopic (exact) mass is 714 g/mol. The van der Waals surface area contributed by atoms with Crippen LogP contribution in [0.3, 0.4) is 0 Å². The summed E-state index contributed by atoms with van der Waals surface area (Å²) in [6, 6.07) is 33.2. The highest BCUT2D eigenvalue weighted by Crippen LogP contribution is 2.39. The Morgan fingerprint density at radius 3 is 2.25 bits per heavy atom. The first-order valence-corrected chi connectivity index (χ1v) is 18.9. The van der Waals surface area contributed by atoms with Gasteiger partial charge in [-0.15, -0.1) is 0 Å². The minimum Gasteiger partial charge on any atom is -0.489 e. The predicted molar refractivity (Wildman–Crippen MR) is 209 cm³/mol. The zero-order chi connectivity index (χ0) is 36.9. The molecule has 3 aromatic carbocycles. The molecule has 2 aromatic heterocycles. The van der Waals surface area contributed by atoms with E-state index in [1.807, 2.05) is 82.4 Å². The number of likely N-dealkylation sites (tertiary alicyclic amines) is 1. The van der Waals surface area contributed by atoms with Crippen molar-refractivity contribution in [2.75, 3.05) is 44.3 Å². The van der Waals surface area contributed by atoms with Crippen LogP contribution in [0.2, 0.25) is 0 Å². The fourth-order valence-electron chi connectivity index (χ4n) is 6.34. The van der Waals surface area contributed by atoms with E-state index in [1.54, 1.807) is 16.8 Å². The lowest BCUT2D eigenvalue weighted by Crippen LogP contribution is -2.41. The number of amides is 1. The lowest BCUT2D eigenvalue weighted by atomic mass is 10.0. The summed E-state index contributed by atoms with van der Waals surface area (Å²) in [4.78, 5) is 22.1. The third-order valence-electron chi connectivity index (χ3n) is 8.87. The van der Waals surface area contributed by atoms with Crippen LogP contribution in [0.15, 0.2) is 96.0 Å². The number of benzene rings is 3. The second-order valence-electron chi connectivity index (χ2n) is 11.8. The Kier molecular flexibility index (Phi) is 13.7. The number of carbonyl (C=O) groups is 1. The van der Waals surface area contributed by atoms with Crippen LogP contribution in [-0.4, -0.2) is 65.3 Å². The van der Waals surface area contributed by atoms with Gasteiger partial charge in [0.1, 0.15) is 24.3 Å². The van der Waals surface area contributed by atoms with Crippen LogP contribution in [0.25, 0.3) is 33.4 Å². The van der Waals surface area contributed by atoms with Crippen molar-refractivity contribution in [3.05, 3.63) is 96.7 Å². The molecule has 2 saturated heterocycles. The number of anilines is 1. The predicted octanol–water partition coefficient (Wildman–Crippen LogP) is 8.97. The number of carbonyl (C=O) groups excluding carboxylic acids is 1. The molecule has 2 aliphatic heterocycles. The molecule has 7 rings (SSSR count). The Morgan fingerprint density at radius 1 is 0.885 bits per heavy atom. The first kappa shape index (κ1) is 38.0. The summed E-state index contributed by atoms with van der Waals surface area (Å²) in [6.07, 6.45) is 2.91. The van der Waals surface area contributed by atoms with Crippen LogP contribution in [0, 0.1) is 22.7 Å². The number of pyridine rings is 1. The van der Waals surface area contributed by atoms with Crippen molar-refractivity contribution in [1.82, 2.24) is 13.9 Å². The SMILES string of the molecule is CC.CC.N#CCC(=O)N1CCC(Oc2ccc(-c3ccnc4c3cc(-c3ccc(N5CCOCC5)cc3)n4Sc3ccccc3)cc2C#N)CC1. The van der Waals surface area contributed by atoms with E-state index in [4.69, 9.17) is 19.7 Å². The van der Waals surface area contributed by atoms with Gasteiger partial charge in [-0.3, -0.25) is 8.77 Å². The second-order valence-corrected chi connectivity index (χ2v) is 12.8. The molecule has 9 nitrogen and oxygen atoms in total. The minimum absolute atomic E-state index is 0.106. The van der Waals surface area contributed by atoms with Gasteiger partial charge in [-0.25, -0.2) is 4.98 Å². The number of rotatable bonds is 8. The molecule has 0 aliphatic carbocycles. The molecule has 4 heterocycles. The van der Waals surface area contributed by atoms with Crippen LogP contribution >= 0.6 is 11.9 Å². The van der Waals surface area contributed by atoms with E-state index in [9.17, 15) is 10.1 Å². The highest BCUT2D eigenvalue weighted by molar-refractivity contribution is 7.98. The molecule has 0 atom stereocenters. The third kappa shape index (κ3) is 8.77. The van der Waals surface area contributed by atoms with Gasteiger partial charge in [0, 0.05) is 61.2 Å². The lowest BCUT2D eigenvalue weighted by Gasteiger charge is -2.32. The van der Waals surface area contributed by atoms with Gasteiger partial charge in [-0.2, -0.15) is 10.5 Å². The van der Waals surface area contributed by atoms with Crippen molar-refractivity contribution in [2.45, 2.75) is 58.0 Å². The Morgan fingerprint density at radius 2 is 1.58 bits per heavy atom. The maximum Gasteiger partial charge on any atom is 0.236 e. The summed E-state index contributed by atoms with van der Waals surface area (Å²) in [7, 11) is 0. The van der Waals surface area contributed by atoms with Gasteiger partial charge in [0.15, 0.2) is 5.65 Å². The number of morpholine rings is 1. The summed E-state index contributed by atoms with van der Waals surface area (Å²) in [5, 5.41) is 20.0. The first-order valence-electron chi connectivity index (χ1n) is 18.1. The zero-order valence-electron chi connectivity index (χ0n) is 30.4. The number of hydrogen-bond donors (Lipinski definition) is 0. The normalized spacial score (nSPS) is 14.3. The number of ether oxygens (including phenoxy) is 2. The maximum atomic E-state index is 12.1. The molecule has 1 amide bonds. The molecule has 0 spiro atoms. The number of piperidine rings is 1. The highest BCUT2D eigenvalue weighted by Gasteiger charge is 2.25. The summed E-state index contributed by atoms with van der Waals surface area (Å²) >= 11 is 1.63. The minimum atomic E-state index is -0.147. The molecule has 2 aliphatic rings. The van der Waals surface area contributed by atoms with E-state index in [0.29, 0.717) is 37.2 Å². The molecule has 0 saturated carbocycles. The van der Waals surface area contributed by atoms with Crippen LogP contribution in [0.1, 0.15) is 52.5 Å². The summed E-state index contributed by atoms with van der Waals surface area (Å²) < 4.78 is 14.0. The quantitative estimate of drug-likeness (QED) is 0.157. The molecule has 2 fully saturated rings. The van der Waals surface area contributed by atoms with Gasteiger partial charge >= 0.3 is 0 Å². The van der Waals surface area contributed by atoms with Gasteiger partial charge in [0.25, 0.3) is 0 Å². The van der Waals surface area contributed by atoms with Gasteiger partial charge in [-0.05, 0) is 77.2 Å². The van der Waals surface area contributed by atoms with Crippen molar-refractivity contribution in [3.63, 3.8) is 0 Å². The molecule has 0 N–H and O–H groups in total. The zero-order valence-corrected chi connectivity index (χ0v) is 31.2. The van der Waals surface area contributed by atoms with Gasteiger partial charge in [0.2, 0.25) is 5.91 Å². The highest BCUT2D eigenvalue weighted by atomic mass is 32.2. The lowest BCUT2D eigenvalue weighted by molar-refractivity contribution is -0.131. The molecule has 52 heavy (non-hydrogen) atoms. The smallest absolute Gasteiger partial charge is 0.236 e. The van der Waals surface area contributed by atoms with E-state index in [-0.39, 0.29) is 18.4 Å². The number of fused-ring (bicyclic) bond motifs is 1. The van der Waals surface area contributed by atoms with Crippen molar-refractivity contribution in [1.29, 1.82) is 10.5 Å². The Labute approximate surface area is 311 Å². The largest absolute Gasteiger partial charge is 0.489 e. The van der Waals surface area contributed by atoms with Crippen LogP contribution < -0.4 is 9.64 Å². The van der Waals surface area contributed by atoms with Crippen molar-refractivity contribution in [3.8, 4) is 40.3 Å². The first-order chi connectivity index (χ1) is 25.6. The Bertz CT molecular complexity index is 2000. The van der Waals surface area contributed by atoms with E-state index in [0.717, 1.165) is 64.6 Å². The molecular formula is C42H46N6O3S. The molecule has 268 valence electrons. The summed E-state index contributed by atoms with van der Waals surface area (Å²) in [6.45, 7) is 12.3. The van der Waals surface area contributed by atoms with Crippen molar-refractivity contribution < 1.29 is 14.3 Å². The number of hydrogen-bond acceptors (Lipinski definition) is 8. The van der Waals surface area contributed by atoms with Gasteiger partial charge in [0.05, 0.1) is 30.5 Å². The topological polar surface area (TPSA) is 107 Å². The number of nitrogens with zero attached hydrogens (tertiary/aromatic N) is 6. The van der Waals surface area contributed by atoms with E-state index < -0.39 is 0 Å². The van der Waals surface area contributed by atoms with Gasteiger partial charge < -0.3 is 19.3 Å². The fourth-order valence-corrected chi connectivity index (χ4v) is 7.32. The second kappa shape index (κ2) is 18.8. The molecule has 0 bridgehead atoms. The summed E-state index contributed by atoms with van der Waals surface area (Å²) in [5.41, 5.74) is 6.48. The fraction of sp³-hybridized carbons (Fsp3) is 0.333. The summed E-state index contributed by atoms with van der Waals surface area (Å²) in [5.74, 6) is 0.387. The van der Waals surface area contributed by atoms with E-state index in [2.05, 4.69) is 57.4 Å². The molecule has 0 unspecified atom stereocenters. The molecule has 0 radical (unpaired) electrons. The Balaban J connectivity index is 0.00000126. The van der Waals surface area contributed by atoms with Crippen LogP contribution in [0.4, 0.5) is 5.69 Å². The molecule has 5 aromatic rings. The van der Waals surface area contributed by atoms with E-state index in [1.165, 1.54) is 5.69 Å². The van der Waals surface area contributed by atoms with Crippen molar-refractivity contribution in [2.24, 2.45) is 0 Å². The average molecular weight is 715 g/mol. The van der Waals surface area contributed by atoms with E-state index >= 15 is 0 Å². The van der Waals surface area contributed by atoms with Crippen LogP contribution in [-0.2, 0) is 9.53 Å².